The summed E-state index contributed by atoms with van der Waals surface area (Å²) in [5.41, 5.74) is 3.49. The number of benzene rings is 2. The number of aryl methyl sites for hydroxylation is 1. The quantitative estimate of drug-likeness (QED) is 0.0541. The predicted octanol–water partition coefficient (Wildman–Crippen LogP) is 0.246. The lowest BCUT2D eigenvalue weighted by atomic mass is 9.98. The normalized spacial score (nSPS) is 21.8. The number of hydrogen-bond acceptors (Lipinski definition) is 18. The van der Waals surface area contributed by atoms with Crippen molar-refractivity contribution in [3.8, 4) is 11.5 Å². The minimum atomic E-state index is -1.86. The fourth-order valence-electron chi connectivity index (χ4n) is 12.0. The number of nitrogen functional groups attached to an aromatic ring is 1. The van der Waals surface area contributed by atoms with E-state index in [0.29, 0.717) is 18.4 Å². The molecule has 0 radical (unpaired) electrons. The van der Waals surface area contributed by atoms with Gasteiger partial charge in [0.05, 0.1) is 36.0 Å². The van der Waals surface area contributed by atoms with E-state index in [1.165, 1.54) is 75.8 Å². The summed E-state index contributed by atoms with van der Waals surface area (Å²) in [6, 6.07) is -7.91. The molecular weight excluding hydrogens is 1180 g/mol. The molecule has 10 atom stereocenters. The number of likely N-dealkylation sites (tertiary alicyclic amines) is 1. The predicted molar refractivity (Wildman–Crippen MR) is 329 cm³/mol. The number of carboxylic acid groups (broad SMARTS) is 1. The molecule has 1 aliphatic carbocycles. The molecule has 8 N–H and O–H groups in total. The molecule has 0 bridgehead atoms. The van der Waals surface area contributed by atoms with E-state index in [2.05, 4.69) is 21.3 Å². The minimum absolute atomic E-state index is 0.0742. The van der Waals surface area contributed by atoms with Crippen molar-refractivity contribution in [3.05, 3.63) is 44.6 Å². The Morgan fingerprint density at radius 3 is 2.05 bits per heavy atom. The highest BCUT2D eigenvalue weighted by Crippen LogP contribution is 2.35. The second-order valence-corrected chi connectivity index (χ2v) is 25.5. The number of cyclic esters (lactones) is 1. The Bertz CT molecular complexity index is 3400. The molecule has 0 spiro atoms. The van der Waals surface area contributed by atoms with Crippen LogP contribution in [0.2, 0.25) is 0 Å². The third kappa shape index (κ3) is 15.0. The molecule has 4 heterocycles. The van der Waals surface area contributed by atoms with Crippen LogP contribution in [0.3, 0.4) is 0 Å². The lowest BCUT2D eigenvalue weighted by Gasteiger charge is -2.36. The van der Waals surface area contributed by atoms with Crippen LogP contribution in [0.5, 0.6) is 0 Å². The van der Waals surface area contributed by atoms with Crippen LogP contribution in [0.25, 0.3) is 22.6 Å². The summed E-state index contributed by atoms with van der Waals surface area (Å²) in [5, 5.41) is 31.3. The Balaban J connectivity index is 1.34. The average Bonchev–Trinajstić information content (AvgIpc) is 1.77. The van der Waals surface area contributed by atoms with E-state index in [-0.39, 0.29) is 53.9 Å². The number of nitrogens with two attached hydrogens (primary N) is 1. The van der Waals surface area contributed by atoms with E-state index in [4.69, 9.17) is 19.9 Å². The molecule has 3 fully saturated rings. The Kier molecular flexibility index (Phi) is 22.7. The van der Waals surface area contributed by atoms with Gasteiger partial charge < -0.3 is 75.8 Å². The van der Waals surface area contributed by atoms with Gasteiger partial charge in [0, 0.05) is 46.8 Å². The highest BCUT2D eigenvalue weighted by molar-refractivity contribution is 6.10. The van der Waals surface area contributed by atoms with Crippen molar-refractivity contribution in [2.24, 2.45) is 23.7 Å². The Labute approximate surface area is 527 Å². The maximum Gasteiger partial charge on any atom is 0.329 e. The van der Waals surface area contributed by atoms with Gasteiger partial charge >= 0.3 is 11.9 Å². The number of carbonyl (C=O) groups excluding carboxylic acids is 11. The summed E-state index contributed by atoms with van der Waals surface area (Å²) in [6.45, 7) is 18.0. The first-order valence-corrected chi connectivity index (χ1v) is 30.6. The Morgan fingerprint density at radius 1 is 0.835 bits per heavy atom. The van der Waals surface area contributed by atoms with Crippen LogP contribution in [0.15, 0.2) is 21.3 Å². The number of likely N-dealkylation sites (N-methyl/N-ethyl adjacent to an activating group) is 4. The van der Waals surface area contributed by atoms with Gasteiger partial charge in [0.1, 0.15) is 65.6 Å². The van der Waals surface area contributed by atoms with Crippen LogP contribution in [-0.2, 0) is 52.7 Å². The number of rotatable bonds is 17. The Hall–Kier alpha value is -8.76. The summed E-state index contributed by atoms with van der Waals surface area (Å²) in [6.07, 6.45) is -1.89. The standard InChI is InChI=1S/C62H88N12O17/c1-27(2)42(59(85)73-23-17-19-36(73)57(83)69(13)25-38(76)71(15)48(29(5)6)61(87)88)65-55(81)44(33(11)75)67-54(80)40-41(63)50(78)32(10)52-47(40)64-46-35(22-21-31(9)51(46)91-52)53(79)68-45-34(12)90-62(89)49(30(7)8)72(16)39(77)26-70(14)58(84)37-20-18-24-74(37)60(86)43(28(3)4)66-56(45)82/h21-22,27-30,33-34,36-37,42-45,48-49,75H,17-20,23-26,63H2,1-16H3,(H,65,81)(H,66,82)(H,67,80)(H,68,79)(H,87,88)/t33?,34-,36+,37+,42-,43-,44-,45+,48+,49+/m1/s1. The SMILES string of the molecule is Cc1c2oc3c(C)ccc(C(=O)N[C@@H]4C(=O)N[C@H](C(C)C)C(=O)N5CCC[C@H]5C(=O)N(C)CC(=O)N(C)[C@@H](C(C)C)C(=O)O[C@@H]4C)c3nc-2c(C(=O)N[C@@H](C(=O)N[C@@H](C(=O)N2CCC[C@H]2C(=O)N(C)CC(=O)N(C)[C@H](C(=O)O)C(C)C)C(C)C)C(C)O)c(N)c1=O. The number of hydrogen-bond donors (Lipinski definition) is 7. The van der Waals surface area contributed by atoms with E-state index in [9.17, 15) is 72.5 Å². The number of aliphatic carboxylic acids is 1. The van der Waals surface area contributed by atoms with Crippen molar-refractivity contribution in [2.45, 2.75) is 169 Å². The van der Waals surface area contributed by atoms with Crippen LogP contribution in [0.1, 0.15) is 127 Å². The number of aliphatic hydroxyl groups is 1. The largest absolute Gasteiger partial charge is 0.480 e. The number of anilines is 1. The van der Waals surface area contributed by atoms with Crippen molar-refractivity contribution < 1.29 is 76.9 Å². The molecule has 4 aliphatic heterocycles. The Morgan fingerprint density at radius 2 is 1.47 bits per heavy atom. The molecule has 5 aliphatic rings. The third-order valence-electron chi connectivity index (χ3n) is 17.2. The second-order valence-electron chi connectivity index (χ2n) is 25.5. The molecule has 3 saturated heterocycles. The van der Waals surface area contributed by atoms with Gasteiger partial charge in [-0.1, -0.05) is 61.5 Å². The molecule has 10 amide bonds. The summed E-state index contributed by atoms with van der Waals surface area (Å²) in [5.74, 6) is -12.7. The summed E-state index contributed by atoms with van der Waals surface area (Å²) in [4.78, 5) is 194. The summed E-state index contributed by atoms with van der Waals surface area (Å²) in [7, 11) is 5.47. The number of aliphatic hydroxyl groups excluding tert-OH is 1. The highest BCUT2D eigenvalue weighted by atomic mass is 16.5. The topological polar surface area (TPSA) is 391 Å². The average molecular weight is 1270 g/mol. The fraction of sp³-hybridized carbons (Fsp3) is 0.613. The molecule has 6 rings (SSSR count). The maximum absolute atomic E-state index is 15.0. The number of nitrogens with one attached hydrogen (secondary N) is 4. The second kappa shape index (κ2) is 29.0. The summed E-state index contributed by atoms with van der Waals surface area (Å²) < 4.78 is 12.3. The highest BCUT2D eigenvalue weighted by Gasteiger charge is 2.46. The zero-order valence-corrected chi connectivity index (χ0v) is 54.6. The van der Waals surface area contributed by atoms with Gasteiger partial charge in [0.15, 0.2) is 11.3 Å². The number of esters is 1. The van der Waals surface area contributed by atoms with Crippen molar-refractivity contribution in [1.82, 2.24) is 55.7 Å². The number of nitrogens with zero attached hydrogens (tertiary/aromatic N) is 7. The first kappa shape index (κ1) is 71.3. The monoisotopic (exact) mass is 1270 g/mol. The van der Waals surface area contributed by atoms with Crippen LogP contribution >= 0.6 is 0 Å². The van der Waals surface area contributed by atoms with Crippen molar-refractivity contribution in [1.29, 1.82) is 0 Å². The minimum Gasteiger partial charge on any atom is -0.480 e. The van der Waals surface area contributed by atoms with Gasteiger partial charge in [-0.15, -0.1) is 0 Å². The van der Waals surface area contributed by atoms with Gasteiger partial charge in [0.25, 0.3) is 11.8 Å². The molecule has 0 saturated carbocycles. The molecule has 1 aromatic carbocycles. The third-order valence-corrected chi connectivity index (χ3v) is 17.2. The molecular formula is C62H88N12O17. The van der Waals surface area contributed by atoms with Crippen LogP contribution in [0, 0.1) is 37.5 Å². The van der Waals surface area contributed by atoms with E-state index < -0.39 is 191 Å². The van der Waals surface area contributed by atoms with Gasteiger partial charge in [-0.05, 0) is 88.7 Å². The van der Waals surface area contributed by atoms with Gasteiger partial charge in [-0.3, -0.25) is 52.7 Å². The number of amides is 10. The number of carboxylic acids is 1. The van der Waals surface area contributed by atoms with E-state index in [1.54, 1.807) is 62.3 Å². The first-order valence-electron chi connectivity index (χ1n) is 30.6. The number of carbonyl (C=O) groups is 12. The van der Waals surface area contributed by atoms with Crippen LogP contribution in [0.4, 0.5) is 5.69 Å². The molecule has 1 unspecified atom stereocenters. The fourth-order valence-corrected chi connectivity index (χ4v) is 12.0. The zero-order valence-electron chi connectivity index (χ0n) is 54.6. The van der Waals surface area contributed by atoms with Crippen molar-refractivity contribution >= 4 is 87.8 Å². The van der Waals surface area contributed by atoms with E-state index in [1.807, 2.05) is 0 Å². The number of aromatic nitrogens is 1. The van der Waals surface area contributed by atoms with Crippen molar-refractivity contribution in [3.63, 3.8) is 0 Å². The lowest BCUT2D eigenvalue weighted by Crippen LogP contribution is -2.61. The number of ether oxygens (including phenoxy) is 1. The van der Waals surface area contributed by atoms with E-state index >= 15 is 0 Å². The van der Waals surface area contributed by atoms with E-state index in [0.717, 1.165) is 14.7 Å². The molecule has 29 nitrogen and oxygen atoms in total. The van der Waals surface area contributed by atoms with Gasteiger partial charge in [0.2, 0.25) is 52.7 Å². The molecule has 1 aromatic rings. The van der Waals surface area contributed by atoms with Gasteiger partial charge in [-0.2, -0.15) is 0 Å². The van der Waals surface area contributed by atoms with Crippen molar-refractivity contribution in [2.75, 3.05) is 60.1 Å². The maximum atomic E-state index is 15.0. The smallest absolute Gasteiger partial charge is 0.329 e. The van der Waals surface area contributed by atoms with Crippen LogP contribution in [-0.4, -0.2) is 231 Å². The van der Waals surface area contributed by atoms with Crippen LogP contribution < -0.4 is 32.4 Å². The summed E-state index contributed by atoms with van der Waals surface area (Å²) >= 11 is 0. The zero-order chi connectivity index (χ0) is 68.3. The molecule has 0 aromatic heterocycles. The number of fused-ring (bicyclic) bond motifs is 3. The molecule has 498 valence electrons. The lowest BCUT2D eigenvalue weighted by molar-refractivity contribution is -0.163. The van der Waals surface area contributed by atoms with Gasteiger partial charge in [-0.25, -0.2) is 14.6 Å². The first-order chi connectivity index (χ1) is 42.4. The molecule has 29 heteroatoms. The molecule has 91 heavy (non-hydrogen) atoms.